The van der Waals surface area contributed by atoms with E-state index in [1.807, 2.05) is 24.3 Å². The van der Waals surface area contributed by atoms with Crippen LogP contribution in [0, 0.1) is 0 Å². The van der Waals surface area contributed by atoms with Gasteiger partial charge in [0, 0.05) is 17.1 Å². The molecule has 0 radical (unpaired) electrons. The molecule has 1 aromatic rings. The molecule has 1 aliphatic rings. The minimum atomic E-state index is -0.368. The van der Waals surface area contributed by atoms with Crippen LogP contribution >= 0.6 is 11.8 Å². The van der Waals surface area contributed by atoms with E-state index < -0.39 is 0 Å². The summed E-state index contributed by atoms with van der Waals surface area (Å²) in [5.74, 6) is 0.350. The first kappa shape index (κ1) is 13.0. The van der Waals surface area contributed by atoms with E-state index in [4.69, 9.17) is 4.74 Å². The van der Waals surface area contributed by atoms with E-state index in [9.17, 15) is 9.59 Å². The number of hydrogen-bond donors (Lipinski definition) is 0. The lowest BCUT2D eigenvalue weighted by Crippen LogP contribution is -2.36. The summed E-state index contributed by atoms with van der Waals surface area (Å²) in [5.41, 5.74) is 0.804. The maximum Gasteiger partial charge on any atom is 0.326 e. The van der Waals surface area contributed by atoms with Gasteiger partial charge in [0.25, 0.3) is 0 Å². The zero-order chi connectivity index (χ0) is 13.0. The Kier molecular flexibility index (Phi) is 4.25. The lowest BCUT2D eigenvalue weighted by Gasteiger charge is -2.21. The molecule has 1 aliphatic heterocycles. The average molecular weight is 265 g/mol. The van der Waals surface area contributed by atoms with E-state index in [0.717, 1.165) is 16.3 Å². The lowest BCUT2D eigenvalue weighted by atomic mass is 10.2. The largest absolute Gasteiger partial charge is 0.465 e. The topological polar surface area (TPSA) is 46.6 Å². The third kappa shape index (κ3) is 2.85. The van der Waals surface area contributed by atoms with Crippen molar-refractivity contribution in [3.05, 3.63) is 24.3 Å². The molecule has 18 heavy (non-hydrogen) atoms. The highest BCUT2D eigenvalue weighted by Crippen LogP contribution is 2.33. The van der Waals surface area contributed by atoms with Gasteiger partial charge >= 0.3 is 5.97 Å². The van der Waals surface area contributed by atoms with Gasteiger partial charge in [0.15, 0.2) is 0 Å². The number of rotatable bonds is 3. The molecular formula is C13H15NO3S. The van der Waals surface area contributed by atoms with Crippen LogP contribution in [0.1, 0.15) is 13.3 Å². The quantitative estimate of drug-likeness (QED) is 0.785. The van der Waals surface area contributed by atoms with Crippen molar-refractivity contribution < 1.29 is 14.3 Å². The highest BCUT2D eigenvalue weighted by Gasteiger charge is 2.24. The summed E-state index contributed by atoms with van der Waals surface area (Å²) in [6.07, 6.45) is 0.443. The Bertz CT molecular complexity index is 461. The molecule has 1 aromatic carbocycles. The molecule has 0 saturated carbocycles. The summed E-state index contributed by atoms with van der Waals surface area (Å²) in [7, 11) is 0. The number of amides is 1. The number of benzene rings is 1. The Labute approximate surface area is 110 Å². The monoisotopic (exact) mass is 265 g/mol. The maximum absolute atomic E-state index is 12.0. The number of hydrogen-bond acceptors (Lipinski definition) is 4. The number of carbonyl (C=O) groups is 2. The predicted octanol–water partition coefficient (Wildman–Crippen LogP) is 2.08. The van der Waals surface area contributed by atoms with Crippen LogP contribution in [0.3, 0.4) is 0 Å². The Morgan fingerprint density at radius 3 is 3.00 bits per heavy atom. The molecular weight excluding hydrogens is 250 g/mol. The summed E-state index contributed by atoms with van der Waals surface area (Å²) in [6, 6.07) is 7.64. The van der Waals surface area contributed by atoms with Gasteiger partial charge in [0.1, 0.15) is 6.54 Å². The molecule has 0 atom stereocenters. The zero-order valence-corrected chi connectivity index (χ0v) is 11.0. The second-order valence-corrected chi connectivity index (χ2v) is 4.99. The van der Waals surface area contributed by atoms with Crippen LogP contribution in [0.4, 0.5) is 5.69 Å². The zero-order valence-electron chi connectivity index (χ0n) is 10.2. The van der Waals surface area contributed by atoms with Crippen molar-refractivity contribution in [1.29, 1.82) is 0 Å². The molecule has 0 unspecified atom stereocenters. The minimum absolute atomic E-state index is 0.00968. The van der Waals surface area contributed by atoms with Gasteiger partial charge < -0.3 is 9.64 Å². The smallest absolute Gasteiger partial charge is 0.326 e. The second kappa shape index (κ2) is 5.91. The predicted molar refractivity (Wildman–Crippen MR) is 70.8 cm³/mol. The first-order valence-electron chi connectivity index (χ1n) is 5.90. The van der Waals surface area contributed by atoms with Crippen LogP contribution in [0.25, 0.3) is 0 Å². The molecule has 0 saturated heterocycles. The van der Waals surface area contributed by atoms with Gasteiger partial charge in [-0.05, 0) is 19.1 Å². The summed E-state index contributed by atoms with van der Waals surface area (Å²) in [5, 5.41) is 0. The number of para-hydroxylation sites is 1. The third-order valence-electron chi connectivity index (χ3n) is 2.62. The Morgan fingerprint density at radius 2 is 2.22 bits per heavy atom. The lowest BCUT2D eigenvalue weighted by molar-refractivity contribution is -0.142. The number of ether oxygens (including phenoxy) is 1. The van der Waals surface area contributed by atoms with E-state index in [-0.39, 0.29) is 18.4 Å². The number of fused-ring (bicyclic) bond motifs is 1. The Hall–Kier alpha value is -1.49. The Balaban J connectivity index is 2.25. The van der Waals surface area contributed by atoms with Gasteiger partial charge in [-0.25, -0.2) is 0 Å². The maximum atomic E-state index is 12.0. The highest BCUT2D eigenvalue weighted by molar-refractivity contribution is 7.99. The Morgan fingerprint density at radius 1 is 1.44 bits per heavy atom. The molecule has 0 aliphatic carbocycles. The first-order valence-corrected chi connectivity index (χ1v) is 6.88. The SMILES string of the molecule is CCOC(=O)CN1C(=O)CCSc2ccccc21. The highest BCUT2D eigenvalue weighted by atomic mass is 32.2. The van der Waals surface area contributed by atoms with Crippen molar-refractivity contribution >= 4 is 29.3 Å². The van der Waals surface area contributed by atoms with Crippen molar-refractivity contribution in [1.82, 2.24) is 0 Å². The molecule has 0 bridgehead atoms. The number of anilines is 1. The van der Waals surface area contributed by atoms with Crippen molar-refractivity contribution in [2.75, 3.05) is 23.8 Å². The molecule has 0 N–H and O–H groups in total. The summed E-state index contributed by atoms with van der Waals surface area (Å²) in [4.78, 5) is 26.1. The third-order valence-corrected chi connectivity index (χ3v) is 3.69. The van der Waals surface area contributed by atoms with Crippen molar-refractivity contribution in [3.8, 4) is 0 Å². The molecule has 0 aromatic heterocycles. The summed E-state index contributed by atoms with van der Waals surface area (Å²) in [6.45, 7) is 2.08. The molecule has 2 rings (SSSR count). The molecule has 1 amide bonds. The summed E-state index contributed by atoms with van der Waals surface area (Å²) >= 11 is 1.64. The van der Waals surface area contributed by atoms with E-state index in [1.54, 1.807) is 18.7 Å². The van der Waals surface area contributed by atoms with Crippen LogP contribution in [-0.4, -0.2) is 30.8 Å². The fourth-order valence-corrected chi connectivity index (χ4v) is 2.83. The average Bonchev–Trinajstić information content (AvgIpc) is 2.51. The van der Waals surface area contributed by atoms with Gasteiger partial charge in [-0.3, -0.25) is 9.59 Å². The first-order chi connectivity index (χ1) is 8.72. The fourth-order valence-electron chi connectivity index (χ4n) is 1.83. The molecule has 5 heteroatoms. The minimum Gasteiger partial charge on any atom is -0.465 e. The van der Waals surface area contributed by atoms with Crippen LogP contribution < -0.4 is 4.90 Å². The number of carbonyl (C=O) groups excluding carboxylic acids is 2. The number of nitrogens with zero attached hydrogens (tertiary/aromatic N) is 1. The fraction of sp³-hybridized carbons (Fsp3) is 0.385. The van der Waals surface area contributed by atoms with Crippen molar-refractivity contribution in [2.45, 2.75) is 18.2 Å². The van der Waals surface area contributed by atoms with Crippen molar-refractivity contribution in [2.24, 2.45) is 0 Å². The van der Waals surface area contributed by atoms with Gasteiger partial charge in [0.05, 0.1) is 12.3 Å². The van der Waals surface area contributed by atoms with Gasteiger partial charge in [0.2, 0.25) is 5.91 Å². The van der Waals surface area contributed by atoms with Gasteiger partial charge in [-0.2, -0.15) is 0 Å². The standard InChI is InChI=1S/C13H15NO3S/c1-2-17-13(16)9-14-10-5-3-4-6-11(10)18-8-7-12(14)15/h3-6H,2,7-9H2,1H3. The summed E-state index contributed by atoms with van der Waals surface area (Å²) < 4.78 is 4.91. The molecule has 4 nitrogen and oxygen atoms in total. The molecule has 1 heterocycles. The van der Waals surface area contributed by atoms with Gasteiger partial charge in [-0.15, -0.1) is 11.8 Å². The van der Waals surface area contributed by atoms with E-state index >= 15 is 0 Å². The number of esters is 1. The van der Waals surface area contributed by atoms with E-state index in [2.05, 4.69) is 0 Å². The molecule has 0 spiro atoms. The second-order valence-electron chi connectivity index (χ2n) is 3.85. The van der Waals surface area contributed by atoms with Crippen LogP contribution in [-0.2, 0) is 14.3 Å². The normalized spacial score (nSPS) is 14.9. The van der Waals surface area contributed by atoms with E-state index in [1.165, 1.54) is 4.90 Å². The molecule has 96 valence electrons. The van der Waals surface area contributed by atoms with Crippen LogP contribution in [0.5, 0.6) is 0 Å². The van der Waals surface area contributed by atoms with E-state index in [0.29, 0.717) is 13.0 Å². The van der Waals surface area contributed by atoms with Crippen LogP contribution in [0.15, 0.2) is 29.2 Å². The van der Waals surface area contributed by atoms with Gasteiger partial charge in [-0.1, -0.05) is 12.1 Å². The molecule has 0 fully saturated rings. The number of thioether (sulfide) groups is 1. The van der Waals surface area contributed by atoms with Crippen LogP contribution in [0.2, 0.25) is 0 Å². The van der Waals surface area contributed by atoms with Crippen molar-refractivity contribution in [3.63, 3.8) is 0 Å².